The minimum Gasteiger partial charge on any atom is -0.655 e. The number of hydrogen-bond donors (Lipinski definition) is 1. The van der Waals surface area contributed by atoms with Gasteiger partial charge < -0.3 is 19.4 Å². The van der Waals surface area contributed by atoms with Crippen LogP contribution in [0.1, 0.15) is 0 Å². The summed E-state index contributed by atoms with van der Waals surface area (Å²) in [5.74, 6) is 0. The monoisotopic (exact) mass is 217 g/mol. The van der Waals surface area contributed by atoms with Gasteiger partial charge in [-0.3, -0.25) is 0 Å². The molecule has 0 unspecified atom stereocenters. The van der Waals surface area contributed by atoms with Gasteiger partial charge in [-0.1, -0.05) is 6.47 Å². The first-order valence-electron chi connectivity index (χ1n) is 1.86. The van der Waals surface area contributed by atoms with Gasteiger partial charge in [-0.05, 0) is 5.68 Å². The number of rotatable bonds is 2. The predicted molar refractivity (Wildman–Crippen MR) is 29.7 cm³/mol. The van der Waals surface area contributed by atoms with E-state index in [9.17, 15) is 4.79 Å². The summed E-state index contributed by atoms with van der Waals surface area (Å²) in [6.45, 7) is 1.49. The molecule has 0 saturated carbocycles. The summed E-state index contributed by atoms with van der Waals surface area (Å²) in [6, 6.07) is 0. The van der Waals surface area contributed by atoms with E-state index >= 15 is 0 Å². The first-order valence-corrected chi connectivity index (χ1v) is 1.86. The Hall–Kier alpha value is 0.139. The van der Waals surface area contributed by atoms with E-state index in [0.717, 1.165) is 0 Å². The molecule has 0 aromatic rings. The summed E-state index contributed by atoms with van der Waals surface area (Å²) in [4.78, 5) is 18.1. The third kappa shape index (κ3) is 42.1. The molecule has 0 amide bonds. The second-order valence-corrected chi connectivity index (χ2v) is 0.819. The molecular weight excluding hydrogens is 212 g/mol. The van der Waals surface area contributed by atoms with Crippen molar-refractivity contribution < 1.29 is 52.1 Å². The molecule has 6 heteroatoms. The minimum atomic E-state index is -0.815. The van der Waals surface area contributed by atoms with Crippen molar-refractivity contribution >= 4 is 20.0 Å². The smallest absolute Gasteiger partial charge is 0.124 e. The van der Waals surface area contributed by atoms with Crippen LogP contribution in [0.3, 0.4) is 0 Å². The maximum atomic E-state index is 9.28. The molecule has 10 heavy (non-hydrogen) atoms. The summed E-state index contributed by atoms with van der Waals surface area (Å²) in [5, 5.41) is 7.54. The molecule has 0 heterocycles. The van der Waals surface area contributed by atoms with Gasteiger partial charge in [0.2, 0.25) is 0 Å². The number of hydrogen-bond acceptors (Lipinski definition) is 4. The summed E-state index contributed by atoms with van der Waals surface area (Å²) in [7, 11) is 5.60. The average Bonchev–Trinajstić information content (AvgIpc) is 1.89. The molecule has 4 nitrogen and oxygen atoms in total. The van der Waals surface area contributed by atoms with E-state index in [1.807, 2.05) is 0 Å². The van der Waals surface area contributed by atoms with Crippen LogP contribution < -0.4 is 0 Å². The normalized spacial score (nSPS) is 5.40. The van der Waals surface area contributed by atoms with Gasteiger partial charge in [-0.25, -0.2) is 6.61 Å². The Kier molecular flexibility index (Phi) is 26.7. The van der Waals surface area contributed by atoms with E-state index in [4.69, 9.17) is 9.90 Å². The van der Waals surface area contributed by atoms with Crippen molar-refractivity contribution in [3.63, 3.8) is 0 Å². The quantitative estimate of drug-likeness (QED) is 0.471. The van der Waals surface area contributed by atoms with Crippen LogP contribution in [-0.4, -0.2) is 32.2 Å². The molecule has 0 aromatic carbocycles. The van der Waals surface area contributed by atoms with Crippen molar-refractivity contribution in [2.24, 2.45) is 0 Å². The number of carbonyl (C=O) groups is 1. The third-order valence-electron chi connectivity index (χ3n) is 0.211. The molecular formula is C4H5BO4Y-2. The standard InChI is InChI=1S/C2H2BO2.C2H3O2.Y/c3-2(5)1-4;1-4-2-3;/h1,4H;1H3;/q2*-1;. The number of ether oxygens (including phenoxy) is 1. The van der Waals surface area contributed by atoms with Crippen LogP contribution in [-0.2, 0) is 47.0 Å². The van der Waals surface area contributed by atoms with E-state index in [-0.39, 0.29) is 32.7 Å². The number of aliphatic hydroxyl groups excluding tert-OH is 1. The van der Waals surface area contributed by atoms with Crippen molar-refractivity contribution in [3.05, 3.63) is 6.61 Å². The fourth-order valence-electron chi connectivity index (χ4n) is 0. The summed E-state index contributed by atoms with van der Waals surface area (Å²) in [6.07, 6.45) is 0. The Labute approximate surface area is 85.6 Å². The zero-order valence-corrected chi connectivity index (χ0v) is 8.24. The molecule has 0 aliphatic heterocycles. The molecule has 0 aromatic heterocycles. The Morgan fingerprint density at radius 3 is 2.00 bits per heavy atom. The number of aliphatic hydroxyl groups is 1. The second-order valence-electron chi connectivity index (χ2n) is 0.819. The molecule has 0 rings (SSSR count). The molecule has 53 valence electrons. The molecule has 0 aliphatic rings. The Bertz CT molecular complexity index is 87.3. The van der Waals surface area contributed by atoms with Gasteiger partial charge in [0, 0.05) is 39.8 Å². The Balaban J connectivity index is -0.0000000910. The molecule has 1 N–H and O–H groups in total. The molecule has 0 fully saturated rings. The predicted octanol–water partition coefficient (Wildman–Crippen LogP) is -1.09. The van der Waals surface area contributed by atoms with Gasteiger partial charge in [0.05, 0.1) is 0 Å². The number of carbonyl (C=O) groups excluding carboxylic acids is 2. The van der Waals surface area contributed by atoms with Gasteiger partial charge >= 0.3 is 0 Å². The molecule has 3 radical (unpaired) electrons. The molecule has 0 atom stereocenters. The fourth-order valence-corrected chi connectivity index (χ4v) is 0. The molecule has 0 spiro atoms. The van der Waals surface area contributed by atoms with Crippen LogP contribution >= 0.6 is 0 Å². The maximum absolute atomic E-state index is 9.28. The van der Waals surface area contributed by atoms with Crippen LogP contribution in [0.25, 0.3) is 0 Å². The zero-order valence-electron chi connectivity index (χ0n) is 5.40. The fraction of sp³-hybridized carbons (Fsp3) is 0.250. The molecule has 0 bridgehead atoms. The second kappa shape index (κ2) is 16.1. The van der Waals surface area contributed by atoms with E-state index in [1.54, 1.807) is 0 Å². The molecule has 0 aliphatic carbocycles. The summed E-state index contributed by atoms with van der Waals surface area (Å²) in [5.41, 5.74) is -0.815. The van der Waals surface area contributed by atoms with Gasteiger partial charge in [0.25, 0.3) is 0 Å². The van der Waals surface area contributed by atoms with Gasteiger partial charge in [-0.15, -0.1) is 0 Å². The number of methoxy groups -OCH3 is 1. The van der Waals surface area contributed by atoms with Crippen LogP contribution in [0.4, 0.5) is 0 Å². The van der Waals surface area contributed by atoms with Crippen LogP contribution in [0, 0.1) is 6.61 Å². The minimum absolute atomic E-state index is 0. The van der Waals surface area contributed by atoms with Gasteiger partial charge in [-0.2, -0.15) is 0 Å². The first kappa shape index (κ1) is 16.6. The van der Waals surface area contributed by atoms with Gasteiger partial charge in [0.1, 0.15) is 7.85 Å². The van der Waals surface area contributed by atoms with Crippen molar-refractivity contribution in [2.45, 2.75) is 0 Å². The third-order valence-corrected chi connectivity index (χ3v) is 0.211. The topological polar surface area (TPSA) is 63.6 Å². The Morgan fingerprint density at radius 2 is 2.00 bits per heavy atom. The largest absolute Gasteiger partial charge is 0.655 e. The van der Waals surface area contributed by atoms with E-state index < -0.39 is 5.68 Å². The average molecular weight is 217 g/mol. The SMILES string of the molecule is CO[C-]=O.[B]C(=O)[CH-]O.[Y]. The summed E-state index contributed by atoms with van der Waals surface area (Å²) >= 11 is 0. The Morgan fingerprint density at radius 1 is 1.80 bits per heavy atom. The zero-order chi connectivity index (χ0) is 7.70. The maximum Gasteiger partial charge on any atom is 0.124 e. The van der Waals surface area contributed by atoms with Crippen molar-refractivity contribution in [1.29, 1.82) is 0 Å². The van der Waals surface area contributed by atoms with Crippen LogP contribution in [0.5, 0.6) is 0 Å². The summed E-state index contributed by atoms with van der Waals surface area (Å²) < 4.78 is 3.74. The van der Waals surface area contributed by atoms with E-state index in [0.29, 0.717) is 6.61 Å². The first-order chi connectivity index (χ1) is 4.18. The van der Waals surface area contributed by atoms with E-state index in [1.165, 1.54) is 13.6 Å². The van der Waals surface area contributed by atoms with Gasteiger partial charge in [0.15, 0.2) is 0 Å². The van der Waals surface area contributed by atoms with Crippen LogP contribution in [0.2, 0.25) is 0 Å². The molecule has 0 saturated heterocycles. The van der Waals surface area contributed by atoms with Crippen molar-refractivity contribution in [1.82, 2.24) is 0 Å². The van der Waals surface area contributed by atoms with Crippen LogP contribution in [0.15, 0.2) is 0 Å². The van der Waals surface area contributed by atoms with Crippen molar-refractivity contribution in [3.8, 4) is 0 Å². The van der Waals surface area contributed by atoms with Crippen molar-refractivity contribution in [2.75, 3.05) is 7.11 Å². The van der Waals surface area contributed by atoms with E-state index in [2.05, 4.69) is 12.6 Å².